The second-order valence-corrected chi connectivity index (χ2v) is 6.09. The lowest BCUT2D eigenvalue weighted by atomic mass is 10.1. The van der Waals surface area contributed by atoms with Gasteiger partial charge < -0.3 is 5.32 Å². The smallest absolute Gasteiger partial charge is 0.0932 e. The van der Waals surface area contributed by atoms with Gasteiger partial charge in [-0.05, 0) is 37.6 Å². The maximum Gasteiger partial charge on any atom is 0.0932 e. The first kappa shape index (κ1) is 12.7. The topological polar surface area (TPSA) is 12.0 Å². The van der Waals surface area contributed by atoms with Gasteiger partial charge in [0, 0.05) is 4.88 Å². The Kier molecular flexibility index (Phi) is 3.97. The molecular weight excluding hydrogens is 273 g/mol. The van der Waals surface area contributed by atoms with Crippen molar-refractivity contribution in [3.05, 3.63) is 50.1 Å². The van der Waals surface area contributed by atoms with Crippen molar-refractivity contribution in [2.75, 3.05) is 5.32 Å². The van der Waals surface area contributed by atoms with E-state index in [2.05, 4.69) is 12.2 Å². The van der Waals surface area contributed by atoms with Crippen LogP contribution in [0, 0.1) is 6.92 Å². The summed E-state index contributed by atoms with van der Waals surface area (Å²) in [7, 11) is 0. The first-order valence-corrected chi connectivity index (χ1v) is 6.92. The van der Waals surface area contributed by atoms with E-state index in [0.717, 1.165) is 20.6 Å². The SMILES string of the molecule is Cc1cccc(Cl)c1NC(C)c1ccc(Cl)s1. The summed E-state index contributed by atoms with van der Waals surface area (Å²) < 4.78 is 0.810. The summed E-state index contributed by atoms with van der Waals surface area (Å²) in [5.74, 6) is 0. The Morgan fingerprint density at radius 2 is 1.94 bits per heavy atom. The van der Waals surface area contributed by atoms with E-state index in [1.807, 2.05) is 37.3 Å². The molecule has 0 saturated heterocycles. The molecule has 17 heavy (non-hydrogen) atoms. The number of para-hydroxylation sites is 1. The lowest BCUT2D eigenvalue weighted by Gasteiger charge is -2.17. The van der Waals surface area contributed by atoms with Crippen LogP contribution in [0.1, 0.15) is 23.4 Å². The third-order valence-electron chi connectivity index (χ3n) is 2.60. The monoisotopic (exact) mass is 285 g/mol. The molecule has 2 aromatic rings. The van der Waals surface area contributed by atoms with Crippen LogP contribution >= 0.6 is 34.5 Å². The van der Waals surface area contributed by atoms with E-state index in [0.29, 0.717) is 0 Å². The van der Waals surface area contributed by atoms with E-state index in [1.54, 1.807) is 11.3 Å². The summed E-state index contributed by atoms with van der Waals surface area (Å²) in [5, 5.41) is 4.18. The molecule has 0 saturated carbocycles. The number of hydrogen-bond acceptors (Lipinski definition) is 2. The van der Waals surface area contributed by atoms with E-state index in [9.17, 15) is 0 Å². The highest BCUT2D eigenvalue weighted by Crippen LogP contribution is 2.32. The molecule has 0 fully saturated rings. The highest BCUT2D eigenvalue weighted by molar-refractivity contribution is 7.16. The molecule has 0 aliphatic heterocycles. The lowest BCUT2D eigenvalue weighted by molar-refractivity contribution is 0.906. The van der Waals surface area contributed by atoms with Gasteiger partial charge in [0.1, 0.15) is 0 Å². The van der Waals surface area contributed by atoms with Crippen molar-refractivity contribution in [2.24, 2.45) is 0 Å². The Bertz CT molecular complexity index is 502. The Morgan fingerprint density at radius 1 is 1.18 bits per heavy atom. The molecule has 0 aliphatic rings. The average Bonchev–Trinajstić information content (AvgIpc) is 2.70. The Morgan fingerprint density at radius 3 is 2.53 bits per heavy atom. The molecule has 0 amide bonds. The standard InChI is InChI=1S/C13H13Cl2NS/c1-8-4-3-5-10(14)13(8)16-9(2)11-6-7-12(15)17-11/h3-7,9,16H,1-2H3. The van der Waals surface area contributed by atoms with E-state index < -0.39 is 0 Å². The zero-order valence-electron chi connectivity index (χ0n) is 9.63. The number of rotatable bonds is 3. The predicted octanol–water partition coefficient (Wildman–Crippen LogP) is 5.54. The molecule has 2 rings (SSSR count). The highest BCUT2D eigenvalue weighted by atomic mass is 35.5. The molecular formula is C13H13Cl2NS. The minimum atomic E-state index is 0.200. The van der Waals surface area contributed by atoms with E-state index >= 15 is 0 Å². The molecule has 1 N–H and O–H groups in total. The summed E-state index contributed by atoms with van der Waals surface area (Å²) in [6.07, 6.45) is 0. The van der Waals surface area contributed by atoms with Crippen molar-refractivity contribution < 1.29 is 0 Å². The number of benzene rings is 1. The van der Waals surface area contributed by atoms with Gasteiger partial charge >= 0.3 is 0 Å². The average molecular weight is 286 g/mol. The van der Waals surface area contributed by atoms with Crippen LogP contribution in [-0.2, 0) is 0 Å². The quantitative estimate of drug-likeness (QED) is 0.781. The minimum Gasteiger partial charge on any atom is -0.376 e. The van der Waals surface area contributed by atoms with Gasteiger partial charge in [0.25, 0.3) is 0 Å². The molecule has 1 nitrogen and oxygen atoms in total. The van der Waals surface area contributed by atoms with E-state index in [1.165, 1.54) is 4.88 Å². The number of anilines is 1. The van der Waals surface area contributed by atoms with Gasteiger partial charge in [0.2, 0.25) is 0 Å². The van der Waals surface area contributed by atoms with Crippen molar-refractivity contribution in [1.29, 1.82) is 0 Å². The van der Waals surface area contributed by atoms with Crippen molar-refractivity contribution >= 4 is 40.2 Å². The second kappa shape index (κ2) is 5.30. The molecule has 1 aromatic heterocycles. The van der Waals surface area contributed by atoms with Crippen molar-refractivity contribution in [3.63, 3.8) is 0 Å². The van der Waals surface area contributed by atoms with Crippen LogP contribution in [0.15, 0.2) is 30.3 Å². The second-order valence-electron chi connectivity index (χ2n) is 3.94. The third-order valence-corrected chi connectivity index (χ3v) is 4.33. The molecule has 1 aromatic carbocycles. The van der Waals surface area contributed by atoms with Gasteiger partial charge in [-0.3, -0.25) is 0 Å². The van der Waals surface area contributed by atoms with Gasteiger partial charge in [-0.1, -0.05) is 35.3 Å². The van der Waals surface area contributed by atoms with Crippen LogP contribution in [0.25, 0.3) is 0 Å². The number of thiophene rings is 1. The zero-order valence-corrected chi connectivity index (χ0v) is 12.0. The fourth-order valence-electron chi connectivity index (χ4n) is 1.66. The molecule has 0 radical (unpaired) electrons. The predicted molar refractivity (Wildman–Crippen MR) is 77.6 cm³/mol. The van der Waals surface area contributed by atoms with Gasteiger partial charge in [-0.2, -0.15) is 0 Å². The Balaban J connectivity index is 2.21. The van der Waals surface area contributed by atoms with Crippen LogP contribution in [0.4, 0.5) is 5.69 Å². The fraction of sp³-hybridized carbons (Fsp3) is 0.231. The lowest BCUT2D eigenvalue weighted by Crippen LogP contribution is -2.06. The van der Waals surface area contributed by atoms with Gasteiger partial charge in [-0.25, -0.2) is 0 Å². The molecule has 4 heteroatoms. The summed E-state index contributed by atoms with van der Waals surface area (Å²) in [5.41, 5.74) is 2.14. The van der Waals surface area contributed by atoms with Crippen molar-refractivity contribution in [3.8, 4) is 0 Å². The number of hydrogen-bond donors (Lipinski definition) is 1. The Hall–Kier alpha value is -0.700. The van der Waals surface area contributed by atoms with Crippen LogP contribution in [0.3, 0.4) is 0 Å². The number of nitrogens with one attached hydrogen (secondary N) is 1. The molecule has 90 valence electrons. The van der Waals surface area contributed by atoms with Gasteiger partial charge in [-0.15, -0.1) is 11.3 Å². The summed E-state index contributed by atoms with van der Waals surface area (Å²) in [6, 6.07) is 10.0. The molecule has 0 aliphatic carbocycles. The van der Waals surface area contributed by atoms with E-state index in [-0.39, 0.29) is 6.04 Å². The highest BCUT2D eigenvalue weighted by Gasteiger charge is 2.11. The third kappa shape index (κ3) is 2.95. The number of halogens is 2. The van der Waals surface area contributed by atoms with Crippen LogP contribution < -0.4 is 5.32 Å². The molecule has 0 spiro atoms. The van der Waals surface area contributed by atoms with Crippen LogP contribution in [0.2, 0.25) is 9.36 Å². The van der Waals surface area contributed by atoms with Crippen molar-refractivity contribution in [2.45, 2.75) is 19.9 Å². The van der Waals surface area contributed by atoms with E-state index in [4.69, 9.17) is 23.2 Å². The molecule has 0 bridgehead atoms. The van der Waals surface area contributed by atoms with Crippen molar-refractivity contribution in [1.82, 2.24) is 0 Å². The van der Waals surface area contributed by atoms with Gasteiger partial charge in [0.05, 0.1) is 21.1 Å². The van der Waals surface area contributed by atoms with Crippen LogP contribution in [0.5, 0.6) is 0 Å². The maximum absolute atomic E-state index is 6.18. The summed E-state index contributed by atoms with van der Waals surface area (Å²) in [6.45, 7) is 4.15. The van der Waals surface area contributed by atoms with Crippen LogP contribution in [-0.4, -0.2) is 0 Å². The Labute approximate surface area is 115 Å². The summed E-state index contributed by atoms with van der Waals surface area (Å²) >= 11 is 13.7. The van der Waals surface area contributed by atoms with Gasteiger partial charge in [0.15, 0.2) is 0 Å². The summed E-state index contributed by atoms with van der Waals surface area (Å²) in [4.78, 5) is 1.20. The first-order chi connectivity index (χ1) is 8.08. The zero-order chi connectivity index (χ0) is 12.4. The number of aryl methyl sites for hydroxylation is 1. The molecule has 1 unspecified atom stereocenters. The fourth-order valence-corrected chi connectivity index (χ4v) is 3.00. The largest absolute Gasteiger partial charge is 0.376 e. The normalized spacial score (nSPS) is 12.5. The first-order valence-electron chi connectivity index (χ1n) is 5.35. The maximum atomic E-state index is 6.18. The minimum absolute atomic E-state index is 0.200. The molecule has 1 heterocycles. The molecule has 1 atom stereocenters.